The summed E-state index contributed by atoms with van der Waals surface area (Å²) in [5.74, 6) is 1.08. The first kappa shape index (κ1) is 42.7. The quantitative estimate of drug-likeness (QED) is 0.209. The zero-order valence-corrected chi connectivity index (χ0v) is 35.1. The van der Waals surface area contributed by atoms with Gasteiger partial charge >= 0.3 is 11.9 Å². The average molecular weight is 735 g/mol. The lowest BCUT2D eigenvalue weighted by atomic mass is 9.65. The van der Waals surface area contributed by atoms with E-state index in [0.29, 0.717) is 68.8 Å². The van der Waals surface area contributed by atoms with Gasteiger partial charge in [-0.15, -0.1) is 0 Å². The Morgan fingerprint density at radius 3 is 1.40 bits per heavy atom. The summed E-state index contributed by atoms with van der Waals surface area (Å²) in [5.41, 5.74) is 4.80. The summed E-state index contributed by atoms with van der Waals surface area (Å²) in [4.78, 5) is 25.7. The van der Waals surface area contributed by atoms with Gasteiger partial charge in [0, 0.05) is 23.7 Å². The molecule has 1 spiro atoms. The van der Waals surface area contributed by atoms with E-state index in [2.05, 4.69) is 69.2 Å². The molecule has 1 saturated carbocycles. The van der Waals surface area contributed by atoms with Crippen LogP contribution < -0.4 is 0 Å². The fourth-order valence-electron chi connectivity index (χ4n) is 8.35. The maximum Gasteiger partial charge on any atom is 0.306 e. The van der Waals surface area contributed by atoms with Crippen molar-refractivity contribution in [1.82, 2.24) is 0 Å². The number of esters is 2. The van der Waals surface area contributed by atoms with E-state index in [1.165, 1.54) is 0 Å². The van der Waals surface area contributed by atoms with Crippen molar-refractivity contribution < 1.29 is 34.0 Å². The smallest absolute Gasteiger partial charge is 0.306 e. The van der Waals surface area contributed by atoms with Crippen molar-refractivity contribution in [3.05, 3.63) is 57.6 Å². The Hall–Kier alpha value is -3.06. The third kappa shape index (κ3) is 11.0. The summed E-state index contributed by atoms with van der Waals surface area (Å²) >= 11 is 0. The molecule has 2 fully saturated rings. The molecule has 7 nitrogen and oxygen atoms in total. The molecule has 0 aromatic heterocycles. The van der Waals surface area contributed by atoms with E-state index in [0.717, 1.165) is 71.9 Å². The molecular weight excluding hydrogens is 664 g/mol. The molecule has 1 unspecified atom stereocenters. The SMILES string of the molecule is Cc1cc(CCC(=O)OCC(C)(C)C2CCC3(CC2)CCC(C(C)(C)COC(=O)CCc2cc(C)c(O)c(C(C)(C)C)c2)CO3)cc(C(C)(C)C)c1O. The lowest BCUT2D eigenvalue weighted by Crippen LogP contribution is -2.48. The minimum Gasteiger partial charge on any atom is -0.507 e. The highest BCUT2D eigenvalue weighted by Gasteiger charge is 2.46. The number of phenols is 2. The molecule has 7 heteroatoms. The number of hydrogen-bond donors (Lipinski definition) is 2. The first-order valence-corrected chi connectivity index (χ1v) is 20.0. The number of benzene rings is 2. The summed E-state index contributed by atoms with van der Waals surface area (Å²) in [6.45, 7) is 26.6. The topological polar surface area (TPSA) is 102 Å². The number of rotatable bonds is 12. The summed E-state index contributed by atoms with van der Waals surface area (Å²) in [5, 5.41) is 21.1. The number of phenolic OH excluding ortho intramolecular Hbond substituents is 2. The highest BCUT2D eigenvalue weighted by Crippen LogP contribution is 2.49. The second-order valence-electron chi connectivity index (χ2n) is 19.9. The molecule has 1 heterocycles. The van der Waals surface area contributed by atoms with E-state index >= 15 is 0 Å². The maximum atomic E-state index is 12.8. The third-order valence-corrected chi connectivity index (χ3v) is 12.4. The Morgan fingerprint density at radius 2 is 1.04 bits per heavy atom. The van der Waals surface area contributed by atoms with Crippen molar-refractivity contribution in [2.24, 2.45) is 22.7 Å². The van der Waals surface area contributed by atoms with E-state index in [-0.39, 0.29) is 39.2 Å². The van der Waals surface area contributed by atoms with Crippen molar-refractivity contribution >= 4 is 11.9 Å². The standard InChI is InChI=1S/C46H70O7/c1-30-23-32(25-36(40(30)49)42(3,4)5)13-15-38(47)51-28-44(9,10)34-17-20-46(21-18-34)22-19-35(27-53-46)45(11,12)29-52-39(48)16-14-33-24-31(2)41(50)37(26-33)43(6,7)8/h23-26,34-35,49-50H,13-22,27-29H2,1-12H3. The van der Waals surface area contributed by atoms with Crippen LogP contribution in [0.3, 0.4) is 0 Å². The number of carbonyl (C=O) groups is 2. The summed E-state index contributed by atoms with van der Waals surface area (Å²) in [6.07, 6.45) is 8.00. The Balaban J connectivity index is 1.19. The predicted molar refractivity (Wildman–Crippen MR) is 213 cm³/mol. The predicted octanol–water partition coefficient (Wildman–Crippen LogP) is 10.4. The number of carbonyl (C=O) groups excluding carboxylic acids is 2. The first-order valence-electron chi connectivity index (χ1n) is 20.0. The molecule has 4 rings (SSSR count). The van der Waals surface area contributed by atoms with Crippen molar-refractivity contribution in [1.29, 1.82) is 0 Å². The first-order chi connectivity index (χ1) is 24.4. The minimum absolute atomic E-state index is 0.0885. The number of ether oxygens (including phenoxy) is 3. The second kappa shape index (κ2) is 16.4. The van der Waals surface area contributed by atoms with Gasteiger partial charge in [0.25, 0.3) is 0 Å². The van der Waals surface area contributed by atoms with E-state index in [4.69, 9.17) is 14.2 Å². The fraction of sp³-hybridized carbons (Fsp3) is 0.696. The molecule has 0 radical (unpaired) electrons. The van der Waals surface area contributed by atoms with Gasteiger partial charge in [-0.1, -0.05) is 93.5 Å². The molecule has 2 N–H and O–H groups in total. The summed E-state index contributed by atoms with van der Waals surface area (Å²) in [7, 11) is 0. The lowest BCUT2D eigenvalue weighted by Gasteiger charge is -2.49. The molecule has 1 aliphatic heterocycles. The van der Waals surface area contributed by atoms with Crippen LogP contribution in [0, 0.1) is 36.5 Å². The van der Waals surface area contributed by atoms with Crippen LogP contribution in [-0.2, 0) is 47.5 Å². The van der Waals surface area contributed by atoms with Gasteiger partial charge in [0.05, 0.1) is 25.4 Å². The molecule has 1 atom stereocenters. The van der Waals surface area contributed by atoms with Gasteiger partial charge < -0.3 is 24.4 Å². The van der Waals surface area contributed by atoms with Gasteiger partial charge in [-0.3, -0.25) is 9.59 Å². The summed E-state index contributed by atoms with van der Waals surface area (Å²) in [6, 6.07) is 7.97. The second-order valence-corrected chi connectivity index (χ2v) is 19.9. The van der Waals surface area contributed by atoms with E-state index < -0.39 is 0 Å². The van der Waals surface area contributed by atoms with Gasteiger partial charge in [-0.2, -0.15) is 0 Å². The van der Waals surface area contributed by atoms with Crippen LogP contribution >= 0.6 is 0 Å². The van der Waals surface area contributed by atoms with Crippen molar-refractivity contribution in [2.45, 2.75) is 164 Å². The zero-order valence-electron chi connectivity index (χ0n) is 35.1. The molecule has 0 amide bonds. The van der Waals surface area contributed by atoms with Gasteiger partial charge in [0.1, 0.15) is 11.5 Å². The van der Waals surface area contributed by atoms with Crippen LogP contribution in [-0.4, -0.2) is 47.6 Å². The van der Waals surface area contributed by atoms with Crippen molar-refractivity contribution in [2.75, 3.05) is 19.8 Å². The van der Waals surface area contributed by atoms with Crippen molar-refractivity contribution in [3.8, 4) is 11.5 Å². The number of aryl methyl sites for hydroxylation is 4. The highest BCUT2D eigenvalue weighted by molar-refractivity contribution is 5.70. The van der Waals surface area contributed by atoms with E-state index in [1.54, 1.807) is 0 Å². The zero-order chi connectivity index (χ0) is 39.6. The average Bonchev–Trinajstić information content (AvgIpc) is 3.06. The van der Waals surface area contributed by atoms with Crippen LogP contribution in [0.5, 0.6) is 11.5 Å². The largest absolute Gasteiger partial charge is 0.507 e. The van der Waals surface area contributed by atoms with Crippen LogP contribution in [0.1, 0.15) is 154 Å². The molecule has 1 aliphatic carbocycles. The highest BCUT2D eigenvalue weighted by atomic mass is 16.5. The van der Waals surface area contributed by atoms with Gasteiger partial charge in [0.2, 0.25) is 0 Å². The molecule has 1 saturated heterocycles. The van der Waals surface area contributed by atoms with Gasteiger partial charge in [0.15, 0.2) is 0 Å². The Bertz CT molecular complexity index is 1460. The Labute approximate surface area is 320 Å². The van der Waals surface area contributed by atoms with Crippen molar-refractivity contribution in [3.63, 3.8) is 0 Å². The molecule has 53 heavy (non-hydrogen) atoms. The maximum absolute atomic E-state index is 12.8. The third-order valence-electron chi connectivity index (χ3n) is 12.4. The van der Waals surface area contributed by atoms with Crippen LogP contribution in [0.15, 0.2) is 24.3 Å². The molecule has 2 aromatic rings. The normalized spacial score (nSPS) is 21.4. The molecule has 296 valence electrons. The molecule has 2 aliphatic rings. The molecule has 2 aromatic carbocycles. The summed E-state index contributed by atoms with van der Waals surface area (Å²) < 4.78 is 18.4. The number of hydrogen-bond acceptors (Lipinski definition) is 7. The van der Waals surface area contributed by atoms with Crippen LogP contribution in [0.4, 0.5) is 0 Å². The molecular formula is C46H70O7. The lowest BCUT2D eigenvalue weighted by molar-refractivity contribution is -0.164. The molecule has 0 bridgehead atoms. The van der Waals surface area contributed by atoms with E-state index in [1.807, 2.05) is 38.1 Å². The van der Waals surface area contributed by atoms with Crippen LogP contribution in [0.2, 0.25) is 0 Å². The number of aromatic hydroxyl groups is 2. The van der Waals surface area contributed by atoms with Crippen LogP contribution in [0.25, 0.3) is 0 Å². The van der Waals surface area contributed by atoms with Gasteiger partial charge in [-0.25, -0.2) is 0 Å². The van der Waals surface area contributed by atoms with Gasteiger partial charge in [-0.05, 0) is 121 Å². The fourth-order valence-corrected chi connectivity index (χ4v) is 8.35. The monoisotopic (exact) mass is 735 g/mol. The Kier molecular flexibility index (Phi) is 13.2. The minimum atomic E-state index is -0.192. The Morgan fingerprint density at radius 1 is 0.660 bits per heavy atom. The van der Waals surface area contributed by atoms with E-state index in [9.17, 15) is 19.8 Å².